The fourth-order valence-electron chi connectivity index (χ4n) is 2.15. The maximum atomic E-state index is 12.0. The first-order valence-corrected chi connectivity index (χ1v) is 7.68. The molecule has 2 aromatic rings. The van der Waals surface area contributed by atoms with Gasteiger partial charge in [0.2, 0.25) is 5.91 Å². The number of amides is 1. The smallest absolute Gasteiger partial charge is 0.224 e. The van der Waals surface area contributed by atoms with Gasteiger partial charge in [-0.25, -0.2) is 0 Å². The molecule has 23 heavy (non-hydrogen) atoms. The van der Waals surface area contributed by atoms with E-state index < -0.39 is 0 Å². The highest BCUT2D eigenvalue weighted by Crippen LogP contribution is 2.17. The highest BCUT2D eigenvalue weighted by molar-refractivity contribution is 5.78. The fourth-order valence-corrected chi connectivity index (χ4v) is 2.15. The summed E-state index contributed by atoms with van der Waals surface area (Å²) in [5.41, 5.74) is 2.20. The average molecular weight is 313 g/mol. The molecule has 2 aromatic carbocycles. The molecule has 0 spiro atoms. The molecule has 0 fully saturated rings. The van der Waals surface area contributed by atoms with Crippen LogP contribution >= 0.6 is 0 Å². The first kappa shape index (κ1) is 16.9. The van der Waals surface area contributed by atoms with Crippen molar-refractivity contribution < 1.29 is 14.3 Å². The van der Waals surface area contributed by atoms with Crippen LogP contribution in [0, 0.1) is 6.92 Å². The summed E-state index contributed by atoms with van der Waals surface area (Å²) < 4.78 is 10.8. The van der Waals surface area contributed by atoms with Gasteiger partial charge >= 0.3 is 0 Å². The molecule has 0 bridgehead atoms. The number of hydrogen-bond acceptors (Lipinski definition) is 3. The van der Waals surface area contributed by atoms with Crippen LogP contribution in [0.1, 0.15) is 18.1 Å². The Balaban J connectivity index is 1.75. The van der Waals surface area contributed by atoms with E-state index in [1.807, 2.05) is 62.4 Å². The summed E-state index contributed by atoms with van der Waals surface area (Å²) in [6.45, 7) is 4.38. The molecule has 0 radical (unpaired) electrons. The second-order valence-corrected chi connectivity index (χ2v) is 5.62. The van der Waals surface area contributed by atoms with E-state index in [0.717, 1.165) is 17.1 Å². The van der Waals surface area contributed by atoms with Crippen LogP contribution in [0.3, 0.4) is 0 Å². The zero-order valence-electron chi connectivity index (χ0n) is 13.8. The van der Waals surface area contributed by atoms with Crippen LogP contribution in [-0.4, -0.2) is 25.7 Å². The third kappa shape index (κ3) is 5.66. The number of carbonyl (C=O) groups excluding carboxylic acids is 1. The SMILES string of the molecule is COc1ccc(OC[C@H](C)NC(=O)Cc2ccc(C)cc2)cc1. The first-order valence-electron chi connectivity index (χ1n) is 7.68. The van der Waals surface area contributed by atoms with Crippen molar-refractivity contribution in [3.63, 3.8) is 0 Å². The number of rotatable bonds is 7. The van der Waals surface area contributed by atoms with Gasteiger partial charge in [-0.2, -0.15) is 0 Å². The molecule has 122 valence electrons. The molecule has 0 aliphatic rings. The van der Waals surface area contributed by atoms with Crippen LogP contribution in [0.4, 0.5) is 0 Å². The predicted molar refractivity (Wildman–Crippen MR) is 91.0 cm³/mol. The van der Waals surface area contributed by atoms with Gasteiger partial charge in [0, 0.05) is 0 Å². The molecule has 0 saturated heterocycles. The van der Waals surface area contributed by atoms with Gasteiger partial charge in [-0.15, -0.1) is 0 Å². The molecule has 2 rings (SSSR count). The topological polar surface area (TPSA) is 47.6 Å². The molecule has 0 aliphatic heterocycles. The van der Waals surface area contributed by atoms with E-state index in [4.69, 9.17) is 9.47 Å². The van der Waals surface area contributed by atoms with Gasteiger partial charge in [0.15, 0.2) is 0 Å². The summed E-state index contributed by atoms with van der Waals surface area (Å²) in [6, 6.07) is 15.3. The number of ether oxygens (including phenoxy) is 2. The lowest BCUT2D eigenvalue weighted by atomic mass is 10.1. The van der Waals surface area contributed by atoms with E-state index in [0.29, 0.717) is 13.0 Å². The van der Waals surface area contributed by atoms with Gasteiger partial charge in [-0.1, -0.05) is 29.8 Å². The number of hydrogen-bond donors (Lipinski definition) is 1. The number of methoxy groups -OCH3 is 1. The first-order chi connectivity index (χ1) is 11.1. The molecule has 0 unspecified atom stereocenters. The summed E-state index contributed by atoms with van der Waals surface area (Å²) in [7, 11) is 1.63. The predicted octanol–water partition coefficient (Wildman–Crippen LogP) is 3.13. The summed E-state index contributed by atoms with van der Waals surface area (Å²) in [6.07, 6.45) is 0.382. The highest BCUT2D eigenvalue weighted by atomic mass is 16.5. The Morgan fingerprint density at radius 2 is 1.65 bits per heavy atom. The average Bonchev–Trinajstić information content (AvgIpc) is 2.55. The fraction of sp³-hybridized carbons (Fsp3) is 0.316. The monoisotopic (exact) mass is 313 g/mol. The maximum absolute atomic E-state index is 12.0. The van der Waals surface area contributed by atoms with Crippen LogP contribution in [0.25, 0.3) is 0 Å². The normalized spacial score (nSPS) is 11.6. The Bertz CT molecular complexity index is 620. The van der Waals surface area contributed by atoms with Gasteiger partial charge < -0.3 is 14.8 Å². The summed E-state index contributed by atoms with van der Waals surface area (Å²) in [5, 5.41) is 2.95. The molecule has 0 aromatic heterocycles. The Hall–Kier alpha value is -2.49. The van der Waals surface area contributed by atoms with E-state index in [1.165, 1.54) is 5.56 Å². The van der Waals surface area contributed by atoms with Gasteiger partial charge in [0.05, 0.1) is 19.6 Å². The Morgan fingerprint density at radius 3 is 2.26 bits per heavy atom. The molecule has 1 amide bonds. The number of aryl methyl sites for hydroxylation is 1. The van der Waals surface area contributed by atoms with Gasteiger partial charge in [-0.05, 0) is 43.7 Å². The van der Waals surface area contributed by atoms with Crippen molar-refractivity contribution >= 4 is 5.91 Å². The third-order valence-corrected chi connectivity index (χ3v) is 3.45. The molecular formula is C19H23NO3. The van der Waals surface area contributed by atoms with E-state index in [2.05, 4.69) is 5.32 Å². The minimum atomic E-state index is -0.0601. The molecule has 1 atom stereocenters. The summed E-state index contributed by atoms with van der Waals surface area (Å²) >= 11 is 0. The highest BCUT2D eigenvalue weighted by Gasteiger charge is 2.09. The number of carbonyl (C=O) groups is 1. The lowest BCUT2D eigenvalue weighted by Crippen LogP contribution is -2.37. The van der Waals surface area contributed by atoms with Crippen molar-refractivity contribution in [2.75, 3.05) is 13.7 Å². The standard InChI is InChI=1S/C19H23NO3/c1-14-4-6-16(7-5-14)12-19(21)20-15(2)13-23-18-10-8-17(22-3)9-11-18/h4-11,15H,12-13H2,1-3H3,(H,20,21)/t15-/m0/s1. The summed E-state index contributed by atoms with van der Waals surface area (Å²) in [5.74, 6) is 1.54. The molecule has 4 nitrogen and oxygen atoms in total. The van der Waals surface area contributed by atoms with Crippen molar-refractivity contribution in [1.82, 2.24) is 5.32 Å². The zero-order valence-corrected chi connectivity index (χ0v) is 13.8. The van der Waals surface area contributed by atoms with Gasteiger partial charge in [0.25, 0.3) is 0 Å². The van der Waals surface area contributed by atoms with Crippen molar-refractivity contribution in [3.8, 4) is 11.5 Å². The lowest BCUT2D eigenvalue weighted by molar-refractivity contribution is -0.121. The minimum absolute atomic E-state index is 0.000293. The van der Waals surface area contributed by atoms with E-state index in [-0.39, 0.29) is 11.9 Å². The molecule has 0 heterocycles. The molecule has 1 N–H and O–H groups in total. The lowest BCUT2D eigenvalue weighted by Gasteiger charge is -2.15. The van der Waals surface area contributed by atoms with E-state index >= 15 is 0 Å². The van der Waals surface area contributed by atoms with Gasteiger partial charge in [0.1, 0.15) is 18.1 Å². The minimum Gasteiger partial charge on any atom is -0.497 e. The molecule has 4 heteroatoms. The van der Waals surface area contributed by atoms with Crippen LogP contribution in [0.5, 0.6) is 11.5 Å². The van der Waals surface area contributed by atoms with Crippen LogP contribution < -0.4 is 14.8 Å². The second-order valence-electron chi connectivity index (χ2n) is 5.62. The van der Waals surface area contributed by atoms with Crippen molar-refractivity contribution in [3.05, 3.63) is 59.7 Å². The zero-order chi connectivity index (χ0) is 16.7. The largest absolute Gasteiger partial charge is 0.497 e. The van der Waals surface area contributed by atoms with Crippen molar-refractivity contribution in [1.29, 1.82) is 0 Å². The molecule has 0 aliphatic carbocycles. The van der Waals surface area contributed by atoms with Gasteiger partial charge in [-0.3, -0.25) is 4.79 Å². The third-order valence-electron chi connectivity index (χ3n) is 3.45. The summed E-state index contributed by atoms with van der Waals surface area (Å²) in [4.78, 5) is 12.0. The van der Waals surface area contributed by atoms with Crippen molar-refractivity contribution in [2.45, 2.75) is 26.3 Å². The van der Waals surface area contributed by atoms with E-state index in [1.54, 1.807) is 7.11 Å². The maximum Gasteiger partial charge on any atom is 0.224 e. The molecular weight excluding hydrogens is 290 g/mol. The Kier molecular flexibility index (Phi) is 6.03. The van der Waals surface area contributed by atoms with Crippen LogP contribution in [-0.2, 0) is 11.2 Å². The number of benzene rings is 2. The molecule has 0 saturated carbocycles. The van der Waals surface area contributed by atoms with Crippen LogP contribution in [0.15, 0.2) is 48.5 Å². The quantitative estimate of drug-likeness (QED) is 0.854. The Morgan fingerprint density at radius 1 is 1.04 bits per heavy atom. The Labute approximate surface area is 137 Å². The number of nitrogens with one attached hydrogen (secondary N) is 1. The van der Waals surface area contributed by atoms with E-state index in [9.17, 15) is 4.79 Å². The second kappa shape index (κ2) is 8.22. The van der Waals surface area contributed by atoms with Crippen LogP contribution in [0.2, 0.25) is 0 Å². The van der Waals surface area contributed by atoms with Crippen molar-refractivity contribution in [2.24, 2.45) is 0 Å².